The van der Waals surface area contributed by atoms with E-state index in [-0.39, 0.29) is 30.7 Å². The second kappa shape index (κ2) is 8.82. The zero-order chi connectivity index (χ0) is 16.5. The van der Waals surface area contributed by atoms with Gasteiger partial charge in [-0.1, -0.05) is 30.3 Å². The Morgan fingerprint density at radius 1 is 1.15 bits per heavy atom. The number of fused-ring (bicyclic) bond motifs is 1. The van der Waals surface area contributed by atoms with Crippen molar-refractivity contribution < 1.29 is 4.79 Å². The summed E-state index contributed by atoms with van der Waals surface area (Å²) >= 11 is 1.56. The third-order valence-corrected chi connectivity index (χ3v) is 5.63. The highest BCUT2D eigenvalue weighted by molar-refractivity contribution is 7.16. The summed E-state index contributed by atoms with van der Waals surface area (Å²) in [5.74, 6) is 0.706. The predicted molar refractivity (Wildman–Crippen MR) is 112 cm³/mol. The fourth-order valence-corrected chi connectivity index (χ4v) is 4.24. The molecule has 3 aromatic rings. The fraction of sp³-hybridized carbons (Fsp3) is 0.263. The largest absolute Gasteiger partial charge is 0.338 e. The minimum absolute atomic E-state index is 0. The lowest BCUT2D eigenvalue weighted by atomic mass is 9.89. The van der Waals surface area contributed by atoms with Crippen molar-refractivity contribution in [3.63, 3.8) is 0 Å². The van der Waals surface area contributed by atoms with Crippen molar-refractivity contribution >= 4 is 52.3 Å². The molecule has 2 atom stereocenters. The number of amides is 1. The molecule has 1 saturated heterocycles. The lowest BCUT2D eigenvalue weighted by Gasteiger charge is -2.17. The molecule has 2 aromatic carbocycles. The molecule has 0 unspecified atom stereocenters. The Morgan fingerprint density at radius 3 is 2.65 bits per heavy atom. The van der Waals surface area contributed by atoms with Crippen molar-refractivity contribution in [2.75, 3.05) is 19.6 Å². The van der Waals surface area contributed by atoms with Crippen LogP contribution < -0.4 is 5.73 Å². The Bertz CT molecular complexity index is 871. The first kappa shape index (κ1) is 20.6. The topological polar surface area (TPSA) is 59.2 Å². The molecular formula is C19H21Cl2N3OS. The first-order valence-electron chi connectivity index (χ1n) is 8.14. The molecule has 0 bridgehead atoms. The Morgan fingerprint density at radius 2 is 1.92 bits per heavy atom. The van der Waals surface area contributed by atoms with Crippen LogP contribution in [0.1, 0.15) is 21.8 Å². The Balaban J connectivity index is 0.00000121. The predicted octanol–water partition coefficient (Wildman–Crippen LogP) is 3.95. The number of nitrogens with two attached hydrogens (primary N) is 1. The SMILES string of the molecule is Cl.Cl.NC[C@@H]1CN(C(=O)c2ccc3ncsc3c2)C[C@H]1c1ccccc1. The van der Waals surface area contributed by atoms with Crippen LogP contribution in [0.3, 0.4) is 0 Å². The molecule has 4 nitrogen and oxygen atoms in total. The molecule has 138 valence electrons. The third-order valence-electron chi connectivity index (χ3n) is 4.84. The maximum atomic E-state index is 12.9. The summed E-state index contributed by atoms with van der Waals surface area (Å²) in [6, 6.07) is 16.1. The lowest BCUT2D eigenvalue weighted by molar-refractivity contribution is 0.0786. The van der Waals surface area contributed by atoms with Crippen molar-refractivity contribution in [1.29, 1.82) is 0 Å². The summed E-state index contributed by atoms with van der Waals surface area (Å²) in [6.07, 6.45) is 0. The molecule has 0 aliphatic carbocycles. The van der Waals surface area contributed by atoms with Gasteiger partial charge in [-0.15, -0.1) is 36.2 Å². The van der Waals surface area contributed by atoms with E-state index in [1.165, 1.54) is 5.56 Å². The Labute approximate surface area is 169 Å². The normalized spacial score (nSPS) is 19.0. The van der Waals surface area contributed by atoms with Crippen molar-refractivity contribution in [2.24, 2.45) is 11.7 Å². The monoisotopic (exact) mass is 409 g/mol. The standard InChI is InChI=1S/C19H19N3OS.2ClH/c20-9-15-10-22(11-16(15)13-4-2-1-3-5-13)19(23)14-6-7-17-18(8-14)24-12-21-17;;/h1-8,12,15-16H,9-11,20H2;2*1H/t15-,16+;;/m1../s1. The Hall–Kier alpha value is -1.66. The molecular weight excluding hydrogens is 389 g/mol. The van der Waals surface area contributed by atoms with E-state index in [1.807, 2.05) is 46.8 Å². The van der Waals surface area contributed by atoms with Gasteiger partial charge in [-0.3, -0.25) is 4.79 Å². The van der Waals surface area contributed by atoms with E-state index in [1.54, 1.807) is 11.3 Å². The van der Waals surface area contributed by atoms with Gasteiger partial charge < -0.3 is 10.6 Å². The van der Waals surface area contributed by atoms with Crippen molar-refractivity contribution in [2.45, 2.75) is 5.92 Å². The van der Waals surface area contributed by atoms with Gasteiger partial charge >= 0.3 is 0 Å². The first-order chi connectivity index (χ1) is 11.8. The highest BCUT2D eigenvalue weighted by atomic mass is 35.5. The maximum Gasteiger partial charge on any atom is 0.253 e. The highest BCUT2D eigenvalue weighted by Crippen LogP contribution is 2.33. The summed E-state index contributed by atoms with van der Waals surface area (Å²) < 4.78 is 1.05. The van der Waals surface area contributed by atoms with E-state index in [0.29, 0.717) is 18.4 Å². The van der Waals surface area contributed by atoms with Crippen LogP contribution in [-0.4, -0.2) is 35.4 Å². The van der Waals surface area contributed by atoms with E-state index in [0.717, 1.165) is 28.9 Å². The highest BCUT2D eigenvalue weighted by Gasteiger charge is 2.35. The van der Waals surface area contributed by atoms with E-state index in [4.69, 9.17) is 5.73 Å². The van der Waals surface area contributed by atoms with Crippen LogP contribution >= 0.6 is 36.2 Å². The fourth-order valence-electron chi connectivity index (χ4n) is 3.52. The molecule has 1 aliphatic rings. The number of hydrogen-bond donors (Lipinski definition) is 1. The van der Waals surface area contributed by atoms with Gasteiger partial charge in [0.1, 0.15) is 0 Å². The smallest absolute Gasteiger partial charge is 0.253 e. The van der Waals surface area contributed by atoms with Gasteiger partial charge in [0.15, 0.2) is 0 Å². The number of carbonyl (C=O) groups excluding carboxylic acids is 1. The van der Waals surface area contributed by atoms with E-state index < -0.39 is 0 Å². The number of halogens is 2. The maximum absolute atomic E-state index is 12.9. The van der Waals surface area contributed by atoms with E-state index >= 15 is 0 Å². The molecule has 1 amide bonds. The van der Waals surface area contributed by atoms with E-state index in [9.17, 15) is 4.79 Å². The average molecular weight is 410 g/mol. The number of benzene rings is 2. The molecule has 4 rings (SSSR count). The zero-order valence-electron chi connectivity index (χ0n) is 14.1. The molecule has 1 aliphatic heterocycles. The van der Waals surface area contributed by atoms with Gasteiger partial charge in [-0.05, 0) is 36.2 Å². The van der Waals surface area contributed by atoms with Gasteiger partial charge in [0, 0.05) is 24.6 Å². The van der Waals surface area contributed by atoms with Gasteiger partial charge in [-0.2, -0.15) is 0 Å². The molecule has 0 saturated carbocycles. The number of likely N-dealkylation sites (tertiary alicyclic amines) is 1. The first-order valence-corrected chi connectivity index (χ1v) is 9.02. The van der Waals surface area contributed by atoms with Gasteiger partial charge in [0.25, 0.3) is 5.91 Å². The summed E-state index contributed by atoms with van der Waals surface area (Å²) in [4.78, 5) is 19.1. The summed E-state index contributed by atoms with van der Waals surface area (Å²) in [5, 5.41) is 0. The average Bonchev–Trinajstić information content (AvgIpc) is 3.27. The Kier molecular flexibility index (Phi) is 7.01. The van der Waals surface area contributed by atoms with Crippen LogP contribution in [0.4, 0.5) is 0 Å². The molecule has 0 spiro atoms. The van der Waals surface area contributed by atoms with Crippen LogP contribution in [0.5, 0.6) is 0 Å². The molecule has 0 radical (unpaired) electrons. The zero-order valence-corrected chi connectivity index (χ0v) is 16.5. The molecule has 26 heavy (non-hydrogen) atoms. The number of rotatable bonds is 3. The molecule has 7 heteroatoms. The van der Waals surface area contributed by atoms with Crippen LogP contribution in [0, 0.1) is 5.92 Å². The second-order valence-corrected chi connectivity index (χ2v) is 7.14. The molecule has 1 fully saturated rings. The molecule has 2 heterocycles. The molecule has 2 N–H and O–H groups in total. The number of aromatic nitrogens is 1. The molecule has 1 aromatic heterocycles. The lowest BCUT2D eigenvalue weighted by Crippen LogP contribution is -2.29. The van der Waals surface area contributed by atoms with Crippen molar-refractivity contribution in [3.8, 4) is 0 Å². The van der Waals surface area contributed by atoms with Crippen LogP contribution in [-0.2, 0) is 0 Å². The summed E-state index contributed by atoms with van der Waals surface area (Å²) in [6.45, 7) is 2.04. The number of carbonyl (C=O) groups is 1. The van der Waals surface area contributed by atoms with Gasteiger partial charge in [0.2, 0.25) is 0 Å². The quantitative estimate of drug-likeness (QED) is 0.711. The van der Waals surface area contributed by atoms with E-state index in [2.05, 4.69) is 17.1 Å². The van der Waals surface area contributed by atoms with Crippen LogP contribution in [0.2, 0.25) is 0 Å². The van der Waals surface area contributed by atoms with Crippen LogP contribution in [0.25, 0.3) is 10.2 Å². The van der Waals surface area contributed by atoms with Gasteiger partial charge in [0.05, 0.1) is 15.7 Å². The summed E-state index contributed by atoms with van der Waals surface area (Å²) in [5.41, 5.74) is 10.7. The van der Waals surface area contributed by atoms with Crippen molar-refractivity contribution in [1.82, 2.24) is 9.88 Å². The minimum Gasteiger partial charge on any atom is -0.338 e. The number of nitrogens with zero attached hydrogens (tertiary/aromatic N) is 2. The second-order valence-electron chi connectivity index (χ2n) is 6.26. The minimum atomic E-state index is 0. The van der Waals surface area contributed by atoms with Gasteiger partial charge in [-0.25, -0.2) is 4.98 Å². The summed E-state index contributed by atoms with van der Waals surface area (Å²) in [7, 11) is 0. The third kappa shape index (κ3) is 3.86. The number of thiazole rings is 1. The number of hydrogen-bond acceptors (Lipinski definition) is 4. The van der Waals surface area contributed by atoms with Crippen molar-refractivity contribution in [3.05, 3.63) is 65.2 Å². The van der Waals surface area contributed by atoms with Crippen LogP contribution in [0.15, 0.2) is 54.0 Å².